The van der Waals surface area contributed by atoms with Gasteiger partial charge in [-0.3, -0.25) is 9.59 Å². The molecule has 0 bridgehead atoms. The smallest absolute Gasteiger partial charge is 0.270 e. The van der Waals surface area contributed by atoms with Crippen LogP contribution in [0.2, 0.25) is 10.0 Å². The molecule has 5 nitrogen and oxygen atoms in total. The summed E-state index contributed by atoms with van der Waals surface area (Å²) in [6, 6.07) is 6.56. The van der Waals surface area contributed by atoms with Gasteiger partial charge in [-0.1, -0.05) is 29.3 Å². The number of likely N-dealkylation sites (N-methyl/N-ethyl adjacent to an activating group) is 1. The number of rotatable bonds is 4. The van der Waals surface area contributed by atoms with Crippen molar-refractivity contribution in [3.05, 3.63) is 50.7 Å². The number of nitrogens with zero attached hydrogens (tertiary/aromatic N) is 1. The Balaban J connectivity index is 2.01. The van der Waals surface area contributed by atoms with Gasteiger partial charge in [0.25, 0.3) is 5.91 Å². The number of para-hydroxylation sites is 1. The minimum atomic E-state index is -0.392. The predicted octanol–water partition coefficient (Wildman–Crippen LogP) is 3.79. The second kappa shape index (κ2) is 7.17. The lowest BCUT2D eigenvalue weighted by Crippen LogP contribution is -2.35. The number of carbonyl (C=O) groups excluding carboxylic acids is 2. The molecular formula is C14H12BrCl2N3O2. The van der Waals surface area contributed by atoms with Crippen LogP contribution in [-0.4, -0.2) is 35.3 Å². The lowest BCUT2D eigenvalue weighted by atomic mass is 10.3. The topological polar surface area (TPSA) is 65.2 Å². The molecule has 0 saturated carbocycles. The van der Waals surface area contributed by atoms with Gasteiger partial charge in [0, 0.05) is 17.7 Å². The molecule has 8 heteroatoms. The number of aromatic amines is 1. The van der Waals surface area contributed by atoms with Gasteiger partial charge in [0.1, 0.15) is 5.69 Å². The Kier molecular flexibility index (Phi) is 5.50. The van der Waals surface area contributed by atoms with Crippen molar-refractivity contribution in [2.45, 2.75) is 0 Å². The monoisotopic (exact) mass is 403 g/mol. The fraction of sp³-hybridized carbons (Fsp3) is 0.143. The maximum atomic E-state index is 12.1. The largest absolute Gasteiger partial charge is 0.356 e. The number of aromatic nitrogens is 1. The van der Waals surface area contributed by atoms with E-state index in [1.165, 1.54) is 11.9 Å². The van der Waals surface area contributed by atoms with Crippen LogP contribution in [0.15, 0.2) is 34.9 Å². The van der Waals surface area contributed by atoms with Gasteiger partial charge >= 0.3 is 0 Å². The second-order valence-electron chi connectivity index (χ2n) is 4.54. The van der Waals surface area contributed by atoms with E-state index < -0.39 is 5.91 Å². The number of anilines is 1. The van der Waals surface area contributed by atoms with Gasteiger partial charge in [-0.15, -0.1) is 0 Å². The van der Waals surface area contributed by atoms with Crippen LogP contribution in [0.1, 0.15) is 10.5 Å². The SMILES string of the molecule is CN(CC(=O)Nc1c(Cl)cccc1Cl)C(=O)c1cc(Br)c[nH]1. The van der Waals surface area contributed by atoms with Gasteiger partial charge < -0.3 is 15.2 Å². The highest BCUT2D eigenvalue weighted by atomic mass is 79.9. The molecule has 0 radical (unpaired) electrons. The summed E-state index contributed by atoms with van der Waals surface area (Å²) >= 11 is 15.2. The zero-order valence-corrected chi connectivity index (χ0v) is 14.6. The molecule has 0 unspecified atom stereocenters. The highest BCUT2D eigenvalue weighted by Gasteiger charge is 2.17. The molecule has 0 aliphatic rings. The van der Waals surface area contributed by atoms with Crippen LogP contribution in [0.5, 0.6) is 0 Å². The van der Waals surface area contributed by atoms with Gasteiger partial charge in [-0.2, -0.15) is 0 Å². The van der Waals surface area contributed by atoms with Crippen LogP contribution in [0.4, 0.5) is 5.69 Å². The summed E-state index contributed by atoms with van der Waals surface area (Å²) < 4.78 is 0.761. The third kappa shape index (κ3) is 4.03. The zero-order valence-electron chi connectivity index (χ0n) is 11.5. The van der Waals surface area contributed by atoms with Crippen molar-refractivity contribution in [1.82, 2.24) is 9.88 Å². The van der Waals surface area contributed by atoms with Crippen LogP contribution in [0.3, 0.4) is 0 Å². The molecule has 1 aromatic carbocycles. The molecule has 1 heterocycles. The maximum absolute atomic E-state index is 12.1. The molecule has 0 aliphatic carbocycles. The van der Waals surface area contributed by atoms with E-state index in [0.717, 1.165) is 4.47 Å². The number of nitrogens with one attached hydrogen (secondary N) is 2. The Morgan fingerprint density at radius 3 is 2.50 bits per heavy atom. The van der Waals surface area contributed by atoms with Crippen LogP contribution < -0.4 is 5.32 Å². The second-order valence-corrected chi connectivity index (χ2v) is 6.27. The highest BCUT2D eigenvalue weighted by Crippen LogP contribution is 2.29. The van der Waals surface area contributed by atoms with Gasteiger partial charge in [-0.05, 0) is 34.1 Å². The van der Waals surface area contributed by atoms with E-state index in [1.54, 1.807) is 30.5 Å². The lowest BCUT2D eigenvalue weighted by molar-refractivity contribution is -0.116. The highest BCUT2D eigenvalue weighted by molar-refractivity contribution is 9.10. The third-order valence-corrected chi connectivity index (χ3v) is 3.92. The number of halogens is 3. The quantitative estimate of drug-likeness (QED) is 0.813. The Morgan fingerprint density at radius 1 is 1.32 bits per heavy atom. The summed E-state index contributed by atoms with van der Waals surface area (Å²) in [6.07, 6.45) is 1.64. The summed E-state index contributed by atoms with van der Waals surface area (Å²) in [7, 11) is 1.53. The average Bonchev–Trinajstić information content (AvgIpc) is 2.88. The van der Waals surface area contributed by atoms with E-state index >= 15 is 0 Å². The summed E-state index contributed by atoms with van der Waals surface area (Å²) in [5, 5.41) is 3.28. The molecule has 2 N–H and O–H groups in total. The first-order chi connectivity index (χ1) is 10.4. The maximum Gasteiger partial charge on any atom is 0.270 e. The zero-order chi connectivity index (χ0) is 16.3. The van der Waals surface area contributed by atoms with Crippen molar-refractivity contribution < 1.29 is 9.59 Å². The van der Waals surface area contributed by atoms with Gasteiger partial charge in [0.05, 0.1) is 22.3 Å². The van der Waals surface area contributed by atoms with Crippen molar-refractivity contribution in [1.29, 1.82) is 0 Å². The molecule has 0 aliphatic heterocycles. The number of amides is 2. The summed E-state index contributed by atoms with van der Waals surface area (Å²) in [5.74, 6) is -0.692. The Bertz CT molecular complexity index is 698. The molecule has 2 amide bonds. The van der Waals surface area contributed by atoms with Crippen LogP contribution in [0.25, 0.3) is 0 Å². The third-order valence-electron chi connectivity index (χ3n) is 2.83. The minimum Gasteiger partial charge on any atom is -0.356 e. The summed E-state index contributed by atoms with van der Waals surface area (Å²) in [6.45, 7) is -0.128. The molecule has 0 fully saturated rings. The number of hydrogen-bond donors (Lipinski definition) is 2. The molecule has 22 heavy (non-hydrogen) atoms. The fourth-order valence-electron chi connectivity index (χ4n) is 1.78. The standard InChI is InChI=1S/C14H12BrCl2N3O2/c1-20(14(22)11-5-8(15)6-18-11)7-12(21)19-13-9(16)3-2-4-10(13)17/h2-6,18H,7H2,1H3,(H,19,21). The van der Waals surface area contributed by atoms with Crippen LogP contribution in [0, 0.1) is 0 Å². The Hall–Kier alpha value is -1.50. The van der Waals surface area contributed by atoms with E-state index in [-0.39, 0.29) is 12.5 Å². The van der Waals surface area contributed by atoms with Gasteiger partial charge in [0.15, 0.2) is 0 Å². The van der Waals surface area contributed by atoms with E-state index in [1.807, 2.05) is 0 Å². The molecule has 2 rings (SSSR count). The molecule has 1 aromatic heterocycles. The number of H-pyrrole nitrogens is 1. The first kappa shape index (κ1) is 16.9. The van der Waals surface area contributed by atoms with Gasteiger partial charge in [0.2, 0.25) is 5.91 Å². The number of benzene rings is 1. The number of hydrogen-bond acceptors (Lipinski definition) is 2. The predicted molar refractivity (Wildman–Crippen MR) is 90.5 cm³/mol. The van der Waals surface area contributed by atoms with Crippen molar-refractivity contribution in [3.63, 3.8) is 0 Å². The molecule has 0 atom stereocenters. The van der Waals surface area contributed by atoms with Crippen molar-refractivity contribution in [2.75, 3.05) is 18.9 Å². The van der Waals surface area contributed by atoms with Crippen LogP contribution in [-0.2, 0) is 4.79 Å². The van der Waals surface area contributed by atoms with Crippen LogP contribution >= 0.6 is 39.1 Å². The Morgan fingerprint density at radius 2 is 1.95 bits per heavy atom. The van der Waals surface area contributed by atoms with E-state index in [9.17, 15) is 9.59 Å². The summed E-state index contributed by atoms with van der Waals surface area (Å²) in [4.78, 5) is 28.3. The van der Waals surface area contributed by atoms with Gasteiger partial charge in [-0.25, -0.2) is 0 Å². The normalized spacial score (nSPS) is 10.4. The minimum absolute atomic E-state index is 0.128. The van der Waals surface area contributed by atoms with E-state index in [0.29, 0.717) is 21.4 Å². The van der Waals surface area contributed by atoms with Crippen molar-refractivity contribution in [3.8, 4) is 0 Å². The fourth-order valence-corrected chi connectivity index (χ4v) is 2.62. The molecule has 116 valence electrons. The van der Waals surface area contributed by atoms with Crippen molar-refractivity contribution >= 4 is 56.6 Å². The number of carbonyl (C=O) groups is 2. The molecule has 0 spiro atoms. The van der Waals surface area contributed by atoms with E-state index in [4.69, 9.17) is 23.2 Å². The Labute approximate surface area is 145 Å². The average molecular weight is 405 g/mol. The lowest BCUT2D eigenvalue weighted by Gasteiger charge is -2.16. The first-order valence-corrected chi connectivity index (χ1v) is 7.76. The molecule has 2 aromatic rings. The molecule has 0 saturated heterocycles. The summed E-state index contributed by atoms with van der Waals surface area (Å²) in [5.41, 5.74) is 0.720. The van der Waals surface area contributed by atoms with E-state index in [2.05, 4.69) is 26.2 Å². The first-order valence-electron chi connectivity index (χ1n) is 6.21. The van der Waals surface area contributed by atoms with Crippen molar-refractivity contribution in [2.24, 2.45) is 0 Å². The molecular weight excluding hydrogens is 393 g/mol.